The van der Waals surface area contributed by atoms with Crippen molar-refractivity contribution in [3.63, 3.8) is 0 Å². The largest absolute Gasteiger partial charge is 0.469 e. The highest BCUT2D eigenvalue weighted by Crippen LogP contribution is 2.22. The van der Waals surface area contributed by atoms with Crippen LogP contribution in [-0.4, -0.2) is 0 Å². The summed E-state index contributed by atoms with van der Waals surface area (Å²) in [7, 11) is 0. The lowest BCUT2D eigenvalue weighted by atomic mass is 10.1. The smallest absolute Gasteiger partial charge is 0.104 e. The molecule has 176 valence electrons. The molecule has 0 aliphatic carbocycles. The molecule has 0 spiro atoms. The first-order valence-corrected chi connectivity index (χ1v) is 12.9. The van der Waals surface area contributed by atoms with E-state index in [0.29, 0.717) is 11.8 Å². The quantitative estimate of drug-likeness (QED) is 0.290. The molecule has 0 radical (unpaired) electrons. The first-order chi connectivity index (χ1) is 15.0. The molecule has 2 nitrogen and oxygen atoms in total. The highest BCUT2D eigenvalue weighted by Gasteiger charge is 2.03. The molecule has 0 N–H and O–H groups in total. The van der Waals surface area contributed by atoms with Crippen molar-refractivity contribution in [3.8, 4) is 0 Å². The maximum absolute atomic E-state index is 5.13. The fourth-order valence-electron chi connectivity index (χ4n) is 2.88. The molecule has 4 heteroatoms. The van der Waals surface area contributed by atoms with Gasteiger partial charge in [0.25, 0.3) is 0 Å². The van der Waals surface area contributed by atoms with Crippen LogP contribution in [0.25, 0.3) is 0 Å². The minimum absolute atomic E-state index is 0.587. The van der Waals surface area contributed by atoms with Gasteiger partial charge in [0.05, 0.1) is 12.5 Å². The molecule has 0 aliphatic rings. The Morgan fingerprint density at radius 3 is 1.28 bits per heavy atom. The van der Waals surface area contributed by atoms with Gasteiger partial charge in [-0.2, -0.15) is 0 Å². The average molecular weight is 473 g/mol. The number of furan rings is 2. The van der Waals surface area contributed by atoms with E-state index in [2.05, 4.69) is 71.4 Å². The first-order valence-electron chi connectivity index (χ1n) is 11.1. The summed E-state index contributed by atoms with van der Waals surface area (Å²) in [6.07, 6.45) is 3.44. The molecule has 4 rings (SSSR count). The van der Waals surface area contributed by atoms with E-state index in [-0.39, 0.29) is 0 Å². The topological polar surface area (TPSA) is 26.3 Å². The van der Waals surface area contributed by atoms with Gasteiger partial charge in [-0.15, -0.1) is 22.7 Å². The molecule has 4 heterocycles. The molecule has 4 aromatic rings. The molecule has 0 bridgehead atoms. The molecule has 0 amide bonds. The fourth-order valence-corrected chi connectivity index (χ4v) is 4.47. The summed E-state index contributed by atoms with van der Waals surface area (Å²) < 4.78 is 10.1. The van der Waals surface area contributed by atoms with Crippen molar-refractivity contribution in [2.75, 3.05) is 0 Å². The molecule has 0 aromatic carbocycles. The van der Waals surface area contributed by atoms with Crippen molar-refractivity contribution in [1.29, 1.82) is 0 Å². The molecule has 4 aromatic heterocycles. The highest BCUT2D eigenvalue weighted by molar-refractivity contribution is 7.10. The van der Waals surface area contributed by atoms with Crippen molar-refractivity contribution in [1.82, 2.24) is 0 Å². The van der Waals surface area contributed by atoms with Crippen LogP contribution < -0.4 is 0 Å². The van der Waals surface area contributed by atoms with Crippen LogP contribution in [0, 0.1) is 41.5 Å². The predicted octanol–water partition coefficient (Wildman–Crippen LogP) is 10.2. The third-order valence-corrected chi connectivity index (χ3v) is 7.09. The van der Waals surface area contributed by atoms with Gasteiger partial charge in [0, 0.05) is 9.75 Å². The van der Waals surface area contributed by atoms with Crippen LogP contribution in [0.4, 0.5) is 0 Å². The Kier molecular flexibility index (Phi) is 12.4. The minimum Gasteiger partial charge on any atom is -0.469 e. The van der Waals surface area contributed by atoms with Crippen LogP contribution in [0.2, 0.25) is 0 Å². The minimum atomic E-state index is 0.587. The van der Waals surface area contributed by atoms with E-state index >= 15 is 0 Å². The zero-order chi connectivity index (χ0) is 24.3. The van der Waals surface area contributed by atoms with Gasteiger partial charge < -0.3 is 8.83 Å². The summed E-state index contributed by atoms with van der Waals surface area (Å²) in [4.78, 5) is 2.89. The van der Waals surface area contributed by atoms with Crippen molar-refractivity contribution < 1.29 is 8.83 Å². The first kappa shape index (κ1) is 28.0. The molecule has 0 atom stereocenters. The summed E-state index contributed by atoms with van der Waals surface area (Å²) in [6, 6.07) is 8.33. The maximum atomic E-state index is 5.13. The molecule has 0 saturated heterocycles. The highest BCUT2D eigenvalue weighted by atomic mass is 32.1. The third kappa shape index (κ3) is 9.62. The SMILES string of the molecule is Cc1ccoc1C.Cc1ccsc1C.Cc1occc1C(C)C.Cc1sccc1C(C)C. The Balaban J connectivity index is 0.000000215. The van der Waals surface area contributed by atoms with Crippen molar-refractivity contribution in [2.24, 2.45) is 0 Å². The molecule has 0 unspecified atom stereocenters. The van der Waals surface area contributed by atoms with Gasteiger partial charge >= 0.3 is 0 Å². The van der Waals surface area contributed by atoms with E-state index in [1.165, 1.54) is 32.0 Å². The molecular formula is C28H40O2S2. The Labute approximate surface area is 203 Å². The van der Waals surface area contributed by atoms with E-state index in [9.17, 15) is 0 Å². The molecule has 0 saturated carbocycles. The zero-order valence-electron chi connectivity index (χ0n) is 21.4. The van der Waals surface area contributed by atoms with Gasteiger partial charge in [-0.1, -0.05) is 27.7 Å². The second kappa shape index (κ2) is 14.2. The Morgan fingerprint density at radius 2 is 1.09 bits per heavy atom. The monoisotopic (exact) mass is 472 g/mol. The molecular weight excluding hydrogens is 432 g/mol. The molecule has 0 fully saturated rings. The van der Waals surface area contributed by atoms with Crippen molar-refractivity contribution in [2.45, 2.75) is 81.1 Å². The zero-order valence-corrected chi connectivity index (χ0v) is 23.0. The maximum Gasteiger partial charge on any atom is 0.104 e. The van der Waals surface area contributed by atoms with Gasteiger partial charge in [-0.25, -0.2) is 0 Å². The van der Waals surface area contributed by atoms with Crippen LogP contribution >= 0.6 is 22.7 Å². The molecule has 32 heavy (non-hydrogen) atoms. The van der Waals surface area contributed by atoms with Crippen LogP contribution in [-0.2, 0) is 0 Å². The second-order valence-corrected chi connectivity index (χ2v) is 10.7. The number of thiophene rings is 2. The van der Waals surface area contributed by atoms with Crippen LogP contribution in [0.5, 0.6) is 0 Å². The Morgan fingerprint density at radius 1 is 0.562 bits per heavy atom. The van der Waals surface area contributed by atoms with Crippen LogP contribution in [0.3, 0.4) is 0 Å². The summed E-state index contributed by atoms with van der Waals surface area (Å²) in [5.74, 6) is 3.34. The second-order valence-electron chi connectivity index (χ2n) is 8.49. The molecule has 0 aliphatic heterocycles. The van der Waals surface area contributed by atoms with Crippen molar-refractivity contribution in [3.05, 3.63) is 91.1 Å². The number of aryl methyl sites for hydroxylation is 6. The lowest BCUT2D eigenvalue weighted by Gasteiger charge is -2.00. The Bertz CT molecular complexity index is 896. The van der Waals surface area contributed by atoms with E-state index < -0.39 is 0 Å². The van der Waals surface area contributed by atoms with E-state index in [1.54, 1.807) is 23.9 Å². The van der Waals surface area contributed by atoms with E-state index in [1.807, 2.05) is 44.2 Å². The number of hydrogen-bond acceptors (Lipinski definition) is 4. The van der Waals surface area contributed by atoms with Gasteiger partial charge in [-0.05, 0) is 111 Å². The van der Waals surface area contributed by atoms with Gasteiger partial charge in [0.2, 0.25) is 0 Å². The normalized spacial score (nSPS) is 10.1. The summed E-state index contributed by atoms with van der Waals surface area (Å²) >= 11 is 3.64. The summed E-state index contributed by atoms with van der Waals surface area (Å²) in [6.45, 7) is 21.2. The Hall–Kier alpha value is -2.04. The lowest BCUT2D eigenvalue weighted by Crippen LogP contribution is -1.84. The summed E-state index contributed by atoms with van der Waals surface area (Å²) in [5.41, 5.74) is 5.44. The fraction of sp³-hybridized carbons (Fsp3) is 0.429. The van der Waals surface area contributed by atoms with Gasteiger partial charge in [-0.3, -0.25) is 0 Å². The van der Waals surface area contributed by atoms with E-state index in [4.69, 9.17) is 8.83 Å². The van der Waals surface area contributed by atoms with E-state index in [0.717, 1.165) is 11.5 Å². The van der Waals surface area contributed by atoms with Gasteiger partial charge in [0.15, 0.2) is 0 Å². The lowest BCUT2D eigenvalue weighted by molar-refractivity contribution is 0.527. The van der Waals surface area contributed by atoms with Crippen molar-refractivity contribution >= 4 is 22.7 Å². The average Bonchev–Trinajstić information content (AvgIpc) is 3.50. The summed E-state index contributed by atoms with van der Waals surface area (Å²) in [5, 5.41) is 4.27. The number of rotatable bonds is 2. The predicted molar refractivity (Wildman–Crippen MR) is 143 cm³/mol. The van der Waals surface area contributed by atoms with Crippen LogP contribution in [0.15, 0.2) is 56.4 Å². The van der Waals surface area contributed by atoms with Gasteiger partial charge in [0.1, 0.15) is 11.5 Å². The van der Waals surface area contributed by atoms with Crippen LogP contribution in [0.1, 0.15) is 83.1 Å². The number of hydrogen-bond donors (Lipinski definition) is 0. The third-order valence-electron chi connectivity index (χ3n) is 5.28. The standard InChI is InChI=1S/C8H12O.C8H12S.C6H8O.C6H8S/c2*1-6(2)8-4-5-9-7(8)3;2*1-5-3-4-7-6(5)2/h2*4-6H,1-3H3;2*3-4H,1-2H3.